The summed E-state index contributed by atoms with van der Waals surface area (Å²) in [4.78, 5) is 0.0168. The number of sulfonamides is 1. The third-order valence-electron chi connectivity index (χ3n) is 2.41. The van der Waals surface area contributed by atoms with E-state index in [0.29, 0.717) is 14.5 Å². The highest BCUT2D eigenvalue weighted by Crippen LogP contribution is 2.30. The fourth-order valence-electron chi connectivity index (χ4n) is 1.44. The van der Waals surface area contributed by atoms with E-state index in [-0.39, 0.29) is 16.3 Å². The van der Waals surface area contributed by atoms with Gasteiger partial charge in [0.25, 0.3) is 10.0 Å². The summed E-state index contributed by atoms with van der Waals surface area (Å²) in [5, 5.41) is 10.4. The molecule has 0 radical (unpaired) electrons. The maximum atomic E-state index is 12.2. The van der Waals surface area contributed by atoms with Crippen LogP contribution in [0.2, 0.25) is 10.0 Å². The molecule has 106 valence electrons. The van der Waals surface area contributed by atoms with Crippen molar-refractivity contribution in [2.24, 2.45) is 0 Å². The van der Waals surface area contributed by atoms with Crippen molar-refractivity contribution < 1.29 is 13.5 Å². The number of phenols is 1. The predicted octanol–water partition coefficient (Wildman–Crippen LogP) is 4.26. The van der Waals surface area contributed by atoms with Gasteiger partial charge in [-0.2, -0.15) is 0 Å². The molecule has 0 bridgehead atoms. The summed E-state index contributed by atoms with van der Waals surface area (Å²) in [6, 6.07) is 8.29. The molecule has 0 aliphatic rings. The lowest BCUT2D eigenvalue weighted by Crippen LogP contribution is -2.13. The van der Waals surface area contributed by atoms with Gasteiger partial charge >= 0.3 is 0 Å². The van der Waals surface area contributed by atoms with Gasteiger partial charge in [0, 0.05) is 15.6 Å². The normalized spacial score (nSPS) is 11.3. The molecule has 0 saturated carbocycles. The van der Waals surface area contributed by atoms with Crippen LogP contribution in [0.4, 0.5) is 5.69 Å². The Bertz CT molecular complexity index is 765. The van der Waals surface area contributed by atoms with Crippen molar-refractivity contribution in [3.8, 4) is 5.75 Å². The van der Waals surface area contributed by atoms with Gasteiger partial charge < -0.3 is 5.11 Å². The van der Waals surface area contributed by atoms with Crippen molar-refractivity contribution in [1.29, 1.82) is 0 Å². The van der Waals surface area contributed by atoms with E-state index < -0.39 is 10.0 Å². The highest BCUT2D eigenvalue weighted by Gasteiger charge is 2.17. The molecule has 0 unspecified atom stereocenters. The number of phenolic OH excluding ortho intramolecular Hbond substituents is 1. The Hall–Kier alpha value is -0.950. The molecular weight excluding hydrogens is 389 g/mol. The average molecular weight is 397 g/mol. The third-order valence-corrected chi connectivity index (χ3v) is 5.22. The monoisotopic (exact) mass is 395 g/mol. The quantitative estimate of drug-likeness (QED) is 0.761. The van der Waals surface area contributed by atoms with E-state index in [2.05, 4.69) is 20.7 Å². The minimum atomic E-state index is -3.83. The van der Waals surface area contributed by atoms with Gasteiger partial charge in [0.2, 0.25) is 0 Å². The van der Waals surface area contributed by atoms with Crippen LogP contribution < -0.4 is 4.72 Å². The highest BCUT2D eigenvalue weighted by molar-refractivity contribution is 9.10. The molecule has 0 saturated heterocycles. The Morgan fingerprint density at radius 2 is 1.80 bits per heavy atom. The van der Waals surface area contributed by atoms with Crippen molar-refractivity contribution in [3.63, 3.8) is 0 Å². The standard InChI is InChI=1S/C12H8BrCl2NO3S/c13-9-6-8(2-3-10(9)15)20(18,19)16-11-4-1-7(14)5-12(11)17/h1-6,16-17H. The molecule has 2 aromatic carbocycles. The van der Waals surface area contributed by atoms with Gasteiger partial charge in [0.05, 0.1) is 15.6 Å². The molecule has 0 aliphatic carbocycles. The molecule has 4 nitrogen and oxygen atoms in total. The van der Waals surface area contributed by atoms with Gasteiger partial charge in [0.15, 0.2) is 0 Å². The van der Waals surface area contributed by atoms with Crippen LogP contribution in [0.1, 0.15) is 0 Å². The van der Waals surface area contributed by atoms with Crippen LogP contribution in [0.15, 0.2) is 45.8 Å². The third kappa shape index (κ3) is 3.38. The van der Waals surface area contributed by atoms with Crippen molar-refractivity contribution in [2.75, 3.05) is 4.72 Å². The van der Waals surface area contributed by atoms with Crippen LogP contribution in [0.5, 0.6) is 5.75 Å². The van der Waals surface area contributed by atoms with E-state index in [0.717, 1.165) is 0 Å². The van der Waals surface area contributed by atoms with E-state index in [9.17, 15) is 13.5 Å². The summed E-state index contributed by atoms with van der Waals surface area (Å²) in [5.41, 5.74) is 0.0421. The molecule has 2 rings (SSSR count). The number of hydrogen-bond donors (Lipinski definition) is 2. The van der Waals surface area contributed by atoms with Crippen molar-refractivity contribution >= 4 is 54.8 Å². The van der Waals surface area contributed by atoms with Crippen LogP contribution in [0.25, 0.3) is 0 Å². The first-order valence-electron chi connectivity index (χ1n) is 5.26. The minimum absolute atomic E-state index is 0.0168. The SMILES string of the molecule is O=S(=O)(Nc1ccc(Cl)cc1O)c1ccc(Cl)c(Br)c1. The second-order valence-electron chi connectivity index (χ2n) is 3.84. The lowest BCUT2D eigenvalue weighted by atomic mass is 10.3. The molecule has 2 N–H and O–H groups in total. The van der Waals surface area contributed by atoms with Crippen LogP contribution in [-0.2, 0) is 10.0 Å². The molecule has 0 fully saturated rings. The molecular formula is C12H8BrCl2NO3S. The molecule has 0 heterocycles. The van der Waals surface area contributed by atoms with Crippen LogP contribution in [0, 0.1) is 0 Å². The Morgan fingerprint density at radius 1 is 1.10 bits per heavy atom. The molecule has 20 heavy (non-hydrogen) atoms. The Labute approximate surface area is 134 Å². The Balaban J connectivity index is 2.38. The largest absolute Gasteiger partial charge is 0.506 e. The van der Waals surface area contributed by atoms with Gasteiger partial charge in [-0.25, -0.2) is 8.42 Å². The second-order valence-corrected chi connectivity index (χ2v) is 7.22. The number of anilines is 1. The molecule has 0 atom stereocenters. The van der Waals surface area contributed by atoms with Crippen LogP contribution in [-0.4, -0.2) is 13.5 Å². The maximum Gasteiger partial charge on any atom is 0.262 e. The van der Waals surface area contributed by atoms with Gasteiger partial charge in [0.1, 0.15) is 5.75 Å². The maximum absolute atomic E-state index is 12.2. The first kappa shape index (κ1) is 15.4. The molecule has 0 aliphatic heterocycles. The smallest absolute Gasteiger partial charge is 0.262 e. The van der Waals surface area contributed by atoms with Crippen molar-refractivity contribution in [2.45, 2.75) is 4.90 Å². The zero-order valence-electron chi connectivity index (χ0n) is 9.77. The summed E-state index contributed by atoms with van der Waals surface area (Å²) < 4.78 is 27.1. The number of hydrogen-bond acceptors (Lipinski definition) is 3. The molecule has 0 amide bonds. The summed E-state index contributed by atoms with van der Waals surface area (Å²) in [6.45, 7) is 0. The summed E-state index contributed by atoms with van der Waals surface area (Å²) in [5.74, 6) is -0.255. The van der Waals surface area contributed by atoms with E-state index >= 15 is 0 Å². The van der Waals surface area contributed by atoms with Gasteiger partial charge in [-0.3, -0.25) is 4.72 Å². The van der Waals surface area contributed by atoms with Crippen molar-refractivity contribution in [3.05, 3.63) is 50.9 Å². The van der Waals surface area contributed by atoms with Crippen LogP contribution in [0.3, 0.4) is 0 Å². The first-order valence-corrected chi connectivity index (χ1v) is 8.29. The number of aromatic hydroxyl groups is 1. The highest BCUT2D eigenvalue weighted by atomic mass is 79.9. The number of rotatable bonds is 3. The number of halogens is 3. The van der Waals surface area contributed by atoms with Crippen LogP contribution >= 0.6 is 39.1 Å². The number of benzene rings is 2. The lowest BCUT2D eigenvalue weighted by Gasteiger charge is -2.10. The zero-order valence-corrected chi connectivity index (χ0v) is 13.7. The summed E-state index contributed by atoms with van der Waals surface area (Å²) >= 11 is 14.7. The molecule has 0 spiro atoms. The topological polar surface area (TPSA) is 66.4 Å². The van der Waals surface area contributed by atoms with Gasteiger partial charge in [-0.1, -0.05) is 23.2 Å². The van der Waals surface area contributed by atoms with E-state index in [4.69, 9.17) is 23.2 Å². The number of nitrogens with one attached hydrogen (secondary N) is 1. The molecule has 8 heteroatoms. The van der Waals surface area contributed by atoms with Gasteiger partial charge in [-0.05, 0) is 46.3 Å². The fourth-order valence-corrected chi connectivity index (χ4v) is 3.35. The first-order chi connectivity index (χ1) is 9.29. The van der Waals surface area contributed by atoms with Gasteiger partial charge in [-0.15, -0.1) is 0 Å². The second kappa shape index (κ2) is 5.81. The van der Waals surface area contributed by atoms with E-state index in [1.807, 2.05) is 0 Å². The zero-order chi connectivity index (χ0) is 14.9. The fraction of sp³-hybridized carbons (Fsp3) is 0. The predicted molar refractivity (Wildman–Crippen MR) is 83.1 cm³/mol. The summed E-state index contributed by atoms with van der Waals surface area (Å²) in [6.07, 6.45) is 0. The Kier molecular flexibility index (Phi) is 4.49. The Morgan fingerprint density at radius 3 is 2.40 bits per heavy atom. The van der Waals surface area contributed by atoms with E-state index in [1.54, 1.807) is 0 Å². The molecule has 2 aromatic rings. The average Bonchev–Trinajstić information content (AvgIpc) is 2.36. The van der Waals surface area contributed by atoms with E-state index in [1.165, 1.54) is 36.4 Å². The lowest BCUT2D eigenvalue weighted by molar-refractivity contribution is 0.477. The molecule has 0 aromatic heterocycles. The van der Waals surface area contributed by atoms with Crippen molar-refractivity contribution in [1.82, 2.24) is 0 Å². The minimum Gasteiger partial charge on any atom is -0.506 e. The summed E-state index contributed by atoms with van der Waals surface area (Å²) in [7, 11) is -3.83.